The van der Waals surface area contributed by atoms with E-state index in [-0.39, 0.29) is 5.75 Å². The van der Waals surface area contributed by atoms with Gasteiger partial charge in [0.05, 0.1) is 38.9 Å². The second kappa shape index (κ2) is 7.44. The first-order valence-electron chi connectivity index (χ1n) is 8.62. The molecule has 1 aromatic heterocycles. The number of anilines is 2. The van der Waals surface area contributed by atoms with Crippen LogP contribution in [-0.4, -0.2) is 6.36 Å². The monoisotopic (exact) mass is 513 g/mol. The molecule has 0 saturated heterocycles. The summed E-state index contributed by atoms with van der Waals surface area (Å²) in [7, 11) is 0. The Labute approximate surface area is 178 Å². The lowest BCUT2D eigenvalue weighted by Gasteiger charge is -2.18. The first-order valence-corrected chi connectivity index (χ1v) is 10.4. The number of rotatable bonds is 4. The van der Waals surface area contributed by atoms with Gasteiger partial charge in [-0.2, -0.15) is 0 Å². The van der Waals surface area contributed by atoms with E-state index in [0.717, 1.165) is 22.5 Å². The molecule has 4 aromatic rings. The molecule has 3 aromatic carbocycles. The van der Waals surface area contributed by atoms with Gasteiger partial charge in [-0.1, -0.05) is 37.3 Å². The van der Waals surface area contributed by atoms with Gasteiger partial charge in [-0.05, 0) is 42.3 Å². The van der Waals surface area contributed by atoms with Gasteiger partial charge in [0.15, 0.2) is 0 Å². The van der Waals surface area contributed by atoms with Gasteiger partial charge in [-0.3, -0.25) is 3.11 Å². The number of thiophene rings is 1. The maximum atomic E-state index is 12.4. The normalized spacial score (nSPS) is 11.9. The lowest BCUT2D eigenvalue weighted by atomic mass is 10.1. The Morgan fingerprint density at radius 3 is 2.21 bits per heavy atom. The molecule has 0 bridgehead atoms. The molecule has 0 unspecified atom stereocenters. The van der Waals surface area contributed by atoms with Crippen molar-refractivity contribution in [2.75, 3.05) is 3.11 Å². The summed E-state index contributed by atoms with van der Waals surface area (Å²) >= 11 is 3.93. The minimum Gasteiger partial charge on any atom is -0.406 e. The zero-order valence-electron chi connectivity index (χ0n) is 14.8. The number of nitrogens with zero attached hydrogens (tertiary/aromatic N) is 1. The van der Waals surface area contributed by atoms with Gasteiger partial charge in [0.2, 0.25) is 0 Å². The summed E-state index contributed by atoms with van der Waals surface area (Å²) in [6, 6.07) is 18.4. The van der Waals surface area contributed by atoms with Crippen molar-refractivity contribution in [3.05, 3.63) is 66.2 Å². The maximum Gasteiger partial charge on any atom is 0.573 e. The average molecular weight is 513 g/mol. The topological polar surface area (TPSA) is 12.5 Å². The van der Waals surface area contributed by atoms with Gasteiger partial charge >= 0.3 is 6.36 Å². The van der Waals surface area contributed by atoms with Crippen LogP contribution in [0, 0.1) is 0 Å². The molecule has 0 fully saturated rings. The van der Waals surface area contributed by atoms with E-state index >= 15 is 0 Å². The maximum absolute atomic E-state index is 12.4. The fourth-order valence-electron chi connectivity index (χ4n) is 3.21. The molecule has 0 aliphatic heterocycles. The van der Waals surface area contributed by atoms with Crippen molar-refractivity contribution >= 4 is 65.7 Å². The van der Waals surface area contributed by atoms with Gasteiger partial charge in [-0.25, -0.2) is 0 Å². The van der Waals surface area contributed by atoms with Crippen LogP contribution >= 0.6 is 34.2 Å². The van der Waals surface area contributed by atoms with E-state index < -0.39 is 6.36 Å². The highest BCUT2D eigenvalue weighted by molar-refractivity contribution is 14.1. The number of ether oxygens (including phenoxy) is 1. The second-order valence-electron chi connectivity index (χ2n) is 6.23. The van der Waals surface area contributed by atoms with E-state index in [4.69, 9.17) is 0 Å². The van der Waals surface area contributed by atoms with Gasteiger partial charge in [0, 0.05) is 15.5 Å². The third-order valence-corrected chi connectivity index (χ3v) is 6.87. The molecule has 28 heavy (non-hydrogen) atoms. The quantitative estimate of drug-likeness (QED) is 0.203. The summed E-state index contributed by atoms with van der Waals surface area (Å²) < 4.78 is 45.5. The molecule has 0 spiro atoms. The fraction of sp³-hybridized carbons (Fsp3) is 0.143. The third kappa shape index (κ3) is 3.65. The van der Waals surface area contributed by atoms with Crippen LogP contribution in [0.5, 0.6) is 5.75 Å². The van der Waals surface area contributed by atoms with E-state index in [1.807, 2.05) is 15.2 Å². The van der Waals surface area contributed by atoms with Crippen LogP contribution in [0.2, 0.25) is 0 Å². The zero-order valence-corrected chi connectivity index (χ0v) is 17.7. The van der Waals surface area contributed by atoms with Crippen LogP contribution in [0.3, 0.4) is 0 Å². The molecule has 0 amide bonds. The van der Waals surface area contributed by atoms with E-state index in [2.05, 4.69) is 58.8 Å². The summed E-state index contributed by atoms with van der Waals surface area (Å²) in [6.07, 6.45) is -3.72. The molecule has 1 heterocycles. The van der Waals surface area contributed by atoms with E-state index in [1.54, 1.807) is 23.5 Å². The molecule has 2 nitrogen and oxygen atoms in total. The van der Waals surface area contributed by atoms with Gasteiger partial charge < -0.3 is 4.74 Å². The zero-order chi connectivity index (χ0) is 19.9. The Morgan fingerprint density at radius 2 is 1.57 bits per heavy atom. The van der Waals surface area contributed by atoms with Crippen molar-refractivity contribution in [2.24, 2.45) is 0 Å². The lowest BCUT2D eigenvalue weighted by molar-refractivity contribution is -0.274. The number of alkyl halides is 3. The number of halogens is 4. The van der Waals surface area contributed by atoms with Crippen LogP contribution < -0.4 is 7.85 Å². The van der Waals surface area contributed by atoms with Gasteiger partial charge in [0.25, 0.3) is 0 Å². The molecular formula is C21H15F3INOS. The van der Waals surface area contributed by atoms with Gasteiger partial charge in [-0.15, -0.1) is 24.5 Å². The number of fused-ring (bicyclic) bond motifs is 3. The Bertz CT molecular complexity index is 1140. The first kappa shape index (κ1) is 19.3. The average Bonchev–Trinajstić information content (AvgIpc) is 3.05. The molecule has 7 heteroatoms. The minimum atomic E-state index is -4.69. The van der Waals surface area contributed by atoms with Crippen molar-refractivity contribution in [3.8, 4) is 5.75 Å². The van der Waals surface area contributed by atoms with Crippen molar-refractivity contribution in [1.82, 2.24) is 0 Å². The number of benzene rings is 3. The van der Waals surface area contributed by atoms with Crippen LogP contribution in [0.4, 0.5) is 24.5 Å². The number of aryl methyl sites for hydroxylation is 1. The highest BCUT2D eigenvalue weighted by Gasteiger charge is 2.31. The Kier molecular flexibility index (Phi) is 5.13. The van der Waals surface area contributed by atoms with Gasteiger partial charge in [0.1, 0.15) is 5.75 Å². The lowest BCUT2D eigenvalue weighted by Crippen LogP contribution is -2.17. The highest BCUT2D eigenvalue weighted by atomic mass is 127. The largest absolute Gasteiger partial charge is 0.573 e. The smallest absolute Gasteiger partial charge is 0.406 e. The van der Waals surface area contributed by atoms with E-state index in [0.29, 0.717) is 0 Å². The van der Waals surface area contributed by atoms with E-state index in [9.17, 15) is 13.2 Å². The van der Waals surface area contributed by atoms with Crippen LogP contribution in [0.1, 0.15) is 12.5 Å². The van der Waals surface area contributed by atoms with Crippen LogP contribution in [0.15, 0.2) is 60.7 Å². The molecular weight excluding hydrogens is 498 g/mol. The standard InChI is InChI=1S/C21H15F3INOS/c1-2-13-5-3-6-16-17-7-4-8-18(20(17)28-19(13)16)26(25)14-9-11-15(12-10-14)27-21(22,23)24/h3-12H,2H2,1H3. The molecule has 0 atom stereocenters. The summed E-state index contributed by atoms with van der Waals surface area (Å²) in [5, 5.41) is 2.42. The summed E-state index contributed by atoms with van der Waals surface area (Å²) in [5.41, 5.74) is 3.10. The molecule has 0 aliphatic carbocycles. The van der Waals surface area contributed by atoms with Crippen molar-refractivity contribution in [3.63, 3.8) is 0 Å². The molecule has 4 rings (SSSR count). The second-order valence-corrected chi connectivity index (χ2v) is 8.21. The Morgan fingerprint density at radius 1 is 0.929 bits per heavy atom. The van der Waals surface area contributed by atoms with Crippen molar-refractivity contribution in [2.45, 2.75) is 19.7 Å². The van der Waals surface area contributed by atoms with Crippen LogP contribution in [0.25, 0.3) is 20.2 Å². The molecule has 0 aliphatic rings. The SMILES string of the molecule is CCc1cccc2c1sc1c(N(I)c3ccc(OC(F)(F)F)cc3)cccc12. The fourth-order valence-corrected chi connectivity index (χ4v) is 5.49. The Hall–Kier alpha value is -2.00. The summed E-state index contributed by atoms with van der Waals surface area (Å²) in [4.78, 5) is 0. The highest BCUT2D eigenvalue weighted by Crippen LogP contribution is 2.44. The predicted molar refractivity (Wildman–Crippen MR) is 118 cm³/mol. The molecule has 144 valence electrons. The third-order valence-electron chi connectivity index (χ3n) is 4.47. The van der Waals surface area contributed by atoms with Crippen LogP contribution in [-0.2, 0) is 6.42 Å². The van der Waals surface area contributed by atoms with Crippen molar-refractivity contribution < 1.29 is 17.9 Å². The summed E-state index contributed by atoms with van der Waals surface area (Å²) in [6.45, 7) is 2.15. The first-order chi connectivity index (χ1) is 13.4. The number of hydrogen-bond acceptors (Lipinski definition) is 3. The molecule has 0 saturated carbocycles. The number of hydrogen-bond donors (Lipinski definition) is 0. The minimum absolute atomic E-state index is 0.228. The predicted octanol–water partition coefficient (Wildman–Crippen LogP) is 8.00. The summed E-state index contributed by atoms with van der Waals surface area (Å²) in [5.74, 6) is -0.228. The molecule has 0 N–H and O–H groups in total. The molecule has 0 radical (unpaired) electrons. The Balaban J connectivity index is 1.76. The van der Waals surface area contributed by atoms with Crippen molar-refractivity contribution in [1.29, 1.82) is 0 Å². The van der Waals surface area contributed by atoms with E-state index in [1.165, 1.54) is 33.2 Å².